The molecule has 1 aromatic carbocycles. The second kappa shape index (κ2) is 6.58. The number of carbonyl (C=O) groups excluding carboxylic acids is 2. The van der Waals surface area contributed by atoms with E-state index in [2.05, 4.69) is 0 Å². The molecule has 0 heterocycles. The van der Waals surface area contributed by atoms with Gasteiger partial charge >= 0.3 is 0 Å². The Labute approximate surface area is 93.6 Å². The number of benzene rings is 1. The number of ether oxygens (including phenoxy) is 1. The molecule has 0 radical (unpaired) electrons. The van der Waals surface area contributed by atoms with Gasteiger partial charge in [-0.3, -0.25) is 15.0 Å². The molecular weight excluding hydrogens is 208 g/mol. The first-order chi connectivity index (χ1) is 7.76. The quantitative estimate of drug-likeness (QED) is 0.243. The summed E-state index contributed by atoms with van der Waals surface area (Å²) in [6, 6.07) is 6.85. The van der Waals surface area contributed by atoms with Crippen molar-refractivity contribution in [3.63, 3.8) is 0 Å². The zero-order chi connectivity index (χ0) is 11.8. The molecule has 0 aromatic heterocycles. The van der Waals surface area contributed by atoms with Gasteiger partial charge in [-0.15, -0.1) is 0 Å². The van der Waals surface area contributed by atoms with Crippen LogP contribution in [0.2, 0.25) is 0 Å². The third-order valence-corrected chi connectivity index (χ3v) is 1.97. The molecule has 1 amide bonds. The van der Waals surface area contributed by atoms with Crippen molar-refractivity contribution >= 4 is 12.2 Å². The van der Waals surface area contributed by atoms with E-state index in [0.29, 0.717) is 30.8 Å². The van der Waals surface area contributed by atoms with Crippen molar-refractivity contribution in [2.45, 2.75) is 12.8 Å². The normalized spacial score (nSPS) is 9.56. The van der Waals surface area contributed by atoms with Crippen LogP contribution < -0.4 is 16.0 Å². The van der Waals surface area contributed by atoms with Gasteiger partial charge in [0, 0.05) is 12.0 Å². The predicted octanol–water partition coefficient (Wildman–Crippen LogP) is 0.648. The SMILES string of the molecule is NNC(=O)CCCOc1cccc(C=O)c1. The largest absolute Gasteiger partial charge is 0.494 e. The Morgan fingerprint density at radius 2 is 2.31 bits per heavy atom. The number of hydrazine groups is 1. The van der Waals surface area contributed by atoms with Crippen molar-refractivity contribution in [3.8, 4) is 5.75 Å². The van der Waals surface area contributed by atoms with Crippen molar-refractivity contribution in [1.82, 2.24) is 5.43 Å². The lowest BCUT2D eigenvalue weighted by Gasteiger charge is -2.05. The topological polar surface area (TPSA) is 81.4 Å². The summed E-state index contributed by atoms with van der Waals surface area (Å²) in [5.74, 6) is 5.33. The fourth-order valence-corrected chi connectivity index (χ4v) is 1.17. The monoisotopic (exact) mass is 222 g/mol. The van der Waals surface area contributed by atoms with Gasteiger partial charge in [0.25, 0.3) is 0 Å². The summed E-state index contributed by atoms with van der Waals surface area (Å²) in [7, 11) is 0. The average molecular weight is 222 g/mol. The molecule has 0 saturated carbocycles. The van der Waals surface area contributed by atoms with E-state index in [1.165, 1.54) is 0 Å². The number of aldehydes is 1. The molecule has 0 atom stereocenters. The van der Waals surface area contributed by atoms with Crippen molar-refractivity contribution in [3.05, 3.63) is 29.8 Å². The second-order valence-corrected chi connectivity index (χ2v) is 3.21. The third kappa shape index (κ3) is 4.10. The summed E-state index contributed by atoms with van der Waals surface area (Å²) < 4.78 is 5.36. The lowest BCUT2D eigenvalue weighted by molar-refractivity contribution is -0.121. The summed E-state index contributed by atoms with van der Waals surface area (Å²) in [4.78, 5) is 21.3. The van der Waals surface area contributed by atoms with Gasteiger partial charge in [-0.1, -0.05) is 12.1 Å². The molecule has 1 rings (SSSR count). The van der Waals surface area contributed by atoms with E-state index in [1.54, 1.807) is 24.3 Å². The summed E-state index contributed by atoms with van der Waals surface area (Å²) in [5, 5.41) is 0. The number of rotatable bonds is 6. The van der Waals surface area contributed by atoms with Crippen molar-refractivity contribution in [2.75, 3.05) is 6.61 Å². The second-order valence-electron chi connectivity index (χ2n) is 3.21. The van der Waals surface area contributed by atoms with E-state index >= 15 is 0 Å². The van der Waals surface area contributed by atoms with Gasteiger partial charge in [0.2, 0.25) is 5.91 Å². The van der Waals surface area contributed by atoms with Gasteiger partial charge < -0.3 is 4.74 Å². The van der Waals surface area contributed by atoms with E-state index in [9.17, 15) is 9.59 Å². The molecule has 5 nitrogen and oxygen atoms in total. The van der Waals surface area contributed by atoms with E-state index in [0.717, 1.165) is 6.29 Å². The molecule has 0 bridgehead atoms. The maximum atomic E-state index is 10.8. The number of nitrogens with two attached hydrogens (primary N) is 1. The van der Waals surface area contributed by atoms with E-state index in [4.69, 9.17) is 10.6 Å². The summed E-state index contributed by atoms with van der Waals surface area (Å²) in [6.45, 7) is 0.412. The van der Waals surface area contributed by atoms with Crippen LogP contribution in [0.1, 0.15) is 23.2 Å². The number of amides is 1. The summed E-state index contributed by atoms with van der Waals surface area (Å²) >= 11 is 0. The highest BCUT2D eigenvalue weighted by atomic mass is 16.5. The Morgan fingerprint density at radius 1 is 1.50 bits per heavy atom. The molecule has 0 aliphatic carbocycles. The van der Waals surface area contributed by atoms with Crippen molar-refractivity contribution in [2.24, 2.45) is 5.84 Å². The first kappa shape index (κ1) is 12.2. The van der Waals surface area contributed by atoms with Gasteiger partial charge in [-0.2, -0.15) is 0 Å². The molecule has 0 spiro atoms. The maximum absolute atomic E-state index is 10.8. The Hall–Kier alpha value is -1.88. The van der Waals surface area contributed by atoms with Gasteiger partial charge in [0.05, 0.1) is 6.61 Å². The highest BCUT2D eigenvalue weighted by Crippen LogP contribution is 2.12. The molecular formula is C11H14N2O3. The fourth-order valence-electron chi connectivity index (χ4n) is 1.17. The lowest BCUT2D eigenvalue weighted by atomic mass is 10.2. The molecule has 3 N–H and O–H groups in total. The van der Waals surface area contributed by atoms with Gasteiger partial charge in [0.15, 0.2) is 0 Å². The van der Waals surface area contributed by atoms with Crippen molar-refractivity contribution in [1.29, 1.82) is 0 Å². The van der Waals surface area contributed by atoms with Crippen LogP contribution in [0.15, 0.2) is 24.3 Å². The summed E-state index contributed by atoms with van der Waals surface area (Å²) in [6.07, 6.45) is 1.66. The number of nitrogens with one attached hydrogen (secondary N) is 1. The first-order valence-electron chi connectivity index (χ1n) is 4.93. The van der Waals surface area contributed by atoms with E-state index in [1.807, 2.05) is 5.43 Å². The Balaban J connectivity index is 2.31. The van der Waals surface area contributed by atoms with Crippen LogP contribution in [-0.2, 0) is 4.79 Å². The minimum Gasteiger partial charge on any atom is -0.494 e. The molecule has 16 heavy (non-hydrogen) atoms. The molecule has 86 valence electrons. The molecule has 5 heteroatoms. The molecule has 1 aromatic rings. The van der Waals surface area contributed by atoms with Crippen LogP contribution in [0.4, 0.5) is 0 Å². The number of carbonyl (C=O) groups is 2. The molecule has 0 aliphatic heterocycles. The molecule has 0 aliphatic rings. The number of hydrogen-bond acceptors (Lipinski definition) is 4. The van der Waals surface area contributed by atoms with Gasteiger partial charge in [0.1, 0.15) is 12.0 Å². The standard InChI is InChI=1S/C11H14N2O3/c12-13-11(15)5-2-6-16-10-4-1-3-9(7-10)8-14/h1,3-4,7-8H,2,5-6,12H2,(H,13,15). The van der Waals surface area contributed by atoms with Crippen LogP contribution in [0.25, 0.3) is 0 Å². The minimum atomic E-state index is -0.217. The van der Waals surface area contributed by atoms with Crippen LogP contribution >= 0.6 is 0 Å². The molecule has 0 fully saturated rings. The number of hydrogen-bond donors (Lipinski definition) is 2. The lowest BCUT2D eigenvalue weighted by Crippen LogP contribution is -2.29. The fraction of sp³-hybridized carbons (Fsp3) is 0.273. The Bertz CT molecular complexity index is 366. The third-order valence-electron chi connectivity index (χ3n) is 1.97. The van der Waals surface area contributed by atoms with Gasteiger partial charge in [-0.05, 0) is 18.6 Å². The Morgan fingerprint density at radius 3 is 3.00 bits per heavy atom. The first-order valence-corrected chi connectivity index (χ1v) is 4.93. The predicted molar refractivity (Wildman–Crippen MR) is 58.9 cm³/mol. The zero-order valence-corrected chi connectivity index (χ0v) is 8.81. The highest BCUT2D eigenvalue weighted by molar-refractivity contribution is 5.75. The maximum Gasteiger partial charge on any atom is 0.234 e. The molecule has 0 unspecified atom stereocenters. The molecule has 0 saturated heterocycles. The zero-order valence-electron chi connectivity index (χ0n) is 8.81. The van der Waals surface area contributed by atoms with Gasteiger partial charge in [-0.25, -0.2) is 5.84 Å². The van der Waals surface area contributed by atoms with E-state index in [-0.39, 0.29) is 5.91 Å². The highest BCUT2D eigenvalue weighted by Gasteiger charge is 1.99. The van der Waals surface area contributed by atoms with Crippen LogP contribution in [0.3, 0.4) is 0 Å². The average Bonchev–Trinajstić information content (AvgIpc) is 2.34. The van der Waals surface area contributed by atoms with Crippen LogP contribution in [0, 0.1) is 0 Å². The van der Waals surface area contributed by atoms with E-state index < -0.39 is 0 Å². The summed E-state index contributed by atoms with van der Waals surface area (Å²) in [5.41, 5.74) is 2.61. The van der Waals surface area contributed by atoms with Crippen molar-refractivity contribution < 1.29 is 14.3 Å². The van der Waals surface area contributed by atoms with Crippen LogP contribution in [0.5, 0.6) is 5.75 Å². The van der Waals surface area contributed by atoms with Crippen LogP contribution in [-0.4, -0.2) is 18.8 Å². The minimum absolute atomic E-state index is 0.217. The smallest absolute Gasteiger partial charge is 0.234 e. The Kier molecular flexibility index (Phi) is 5.01.